The van der Waals surface area contributed by atoms with Crippen molar-refractivity contribution in [2.75, 3.05) is 6.54 Å². The van der Waals surface area contributed by atoms with Gasteiger partial charge in [0.1, 0.15) is 41.6 Å². The van der Waals surface area contributed by atoms with Crippen LogP contribution in [-0.2, 0) is 38.2 Å². The molecule has 4 aliphatic heterocycles. The number of aliphatic hydroxyl groups is 4. The van der Waals surface area contributed by atoms with Crippen molar-refractivity contribution in [2.45, 2.75) is 207 Å². The first-order chi connectivity index (χ1) is 37.3. The lowest BCUT2D eigenvalue weighted by Gasteiger charge is -2.56. The Hall–Kier alpha value is -5.11. The maximum atomic E-state index is 14.7. The van der Waals surface area contributed by atoms with E-state index in [1.54, 1.807) is 52.0 Å². The number of nitrogens with zero attached hydrogens (tertiary/aromatic N) is 1. The summed E-state index contributed by atoms with van der Waals surface area (Å²) < 4.78 is 27.6. The van der Waals surface area contributed by atoms with Gasteiger partial charge >= 0.3 is 5.97 Å². The fraction of sp³-hybridized carbons (Fsp3) is 0.672. The lowest BCUT2D eigenvalue weighted by atomic mass is 9.69. The Bertz CT molecular complexity index is 2380. The normalized spacial score (nSPS) is 35.1. The molecule has 0 saturated carbocycles. The van der Waals surface area contributed by atoms with Gasteiger partial charge in [0.25, 0.3) is 5.91 Å². The van der Waals surface area contributed by atoms with E-state index in [0.717, 1.165) is 6.42 Å². The number of aliphatic hydroxyl groups excluding tert-OH is 4. The van der Waals surface area contributed by atoms with Gasteiger partial charge in [-0.2, -0.15) is 0 Å². The highest BCUT2D eigenvalue weighted by Crippen LogP contribution is 2.46. The topological polar surface area (TPSA) is 253 Å². The van der Waals surface area contributed by atoms with E-state index >= 15 is 0 Å². The van der Waals surface area contributed by atoms with E-state index in [1.807, 2.05) is 52.8 Å². The fourth-order valence-electron chi connectivity index (χ4n) is 11.6. The van der Waals surface area contributed by atoms with E-state index in [-0.39, 0.29) is 67.1 Å². The summed E-state index contributed by atoms with van der Waals surface area (Å²) in [7, 11) is 0. The molecule has 0 aromatic heterocycles. The zero-order valence-electron chi connectivity index (χ0n) is 48.4. The average Bonchev–Trinajstić information content (AvgIpc) is 3.59. The van der Waals surface area contributed by atoms with Gasteiger partial charge in [0.2, 0.25) is 17.7 Å². The summed E-state index contributed by atoms with van der Waals surface area (Å²) in [5.41, 5.74) is 3.13. The molecular formula is C61H92FN5O12. The first kappa shape index (κ1) is 64.7. The summed E-state index contributed by atoms with van der Waals surface area (Å²) in [6.07, 6.45) is 10.5. The molecule has 4 aliphatic rings. The molecule has 79 heavy (non-hydrogen) atoms. The number of ketones is 1. The Morgan fingerprint density at radius 2 is 1.65 bits per heavy atom. The quantitative estimate of drug-likeness (QED) is 0.0700. The fourth-order valence-corrected chi connectivity index (χ4v) is 11.6. The van der Waals surface area contributed by atoms with E-state index in [1.165, 1.54) is 36.2 Å². The number of carbonyl (C=O) groups is 6. The van der Waals surface area contributed by atoms with Crippen LogP contribution < -0.4 is 21.4 Å². The smallest absolute Gasteiger partial charge is 0.325 e. The molecule has 0 radical (unpaired) electrons. The predicted molar refractivity (Wildman–Crippen MR) is 298 cm³/mol. The van der Waals surface area contributed by atoms with Crippen LogP contribution in [0.4, 0.5) is 4.39 Å². The molecule has 5 rings (SSSR count). The molecule has 1 aromatic rings. The molecule has 3 saturated heterocycles. The molecule has 1 unspecified atom stereocenters. The summed E-state index contributed by atoms with van der Waals surface area (Å²) >= 11 is 0. The molecule has 3 fully saturated rings. The average molecular weight is 1110 g/mol. The summed E-state index contributed by atoms with van der Waals surface area (Å²) in [4.78, 5) is 82.6. The number of hydrogen-bond donors (Lipinski definition) is 8. The van der Waals surface area contributed by atoms with Crippen LogP contribution in [0.15, 0.2) is 72.4 Å². The predicted octanol–water partition coefficient (Wildman–Crippen LogP) is 6.40. The van der Waals surface area contributed by atoms with Gasteiger partial charge in [-0.1, -0.05) is 117 Å². The Labute approximate surface area is 467 Å². The van der Waals surface area contributed by atoms with E-state index in [4.69, 9.17) is 9.47 Å². The second kappa shape index (κ2) is 29.6. The zero-order chi connectivity index (χ0) is 58.5. The van der Waals surface area contributed by atoms with Crippen LogP contribution in [-0.4, -0.2) is 128 Å². The SMILES string of the molecule is CC[C@H]1C[C@H](C)[C@@]2(NC1=O)O[C@@H](C[C@H](O)[C@@H](C)CC/C=C/C=C(\C)[C@@H]1C/C=C/C=C/[C@H](O)[C@H](C)[C@@H](O)[C@@H](CCC(C)=O)C(=O)N[C@@H](C(C)C)C(=O)N[C@@H]([C@@H](C)c3cccc(F)c3)C(=O)N3CCCC(N3)C(=O)O1)[C@H](C)[C@H](O)[C@@H]2C. The summed E-state index contributed by atoms with van der Waals surface area (Å²) in [5, 5.41) is 55.8. The standard InChI is InChI=1S/C61H92FN5O12/c1-12-43-31-37(6)61(65-56(43)73)42(11)54(71)41(10)51(79-61)33-49(70)35(4)21-15-13-16-22-36(5)50-27-18-14-17-26-48(69)40(9)55(72)46(29-28-38(7)68)57(74)63-52(34(2)3)58(75)64-53(39(8)44-23-19-24-45(62)32-44)59(76)67-30-20-25-47(66-67)60(77)78-50/h13-14,16-19,22-24,26,32,34-35,37,39-43,46-55,66,69-72H,12,15,20-21,25,27-31,33H2,1-11H3,(H,63,74)(H,64,75)(H,65,73)/b16-13+,18-14+,26-17+,36-22+/t35-,37-,39-,40-,41-,42-,43-,46+,47?,48-,49-,50-,51-,52-,53-,54-,55+,61+/m0/s1. The van der Waals surface area contributed by atoms with Crippen LogP contribution in [0.2, 0.25) is 0 Å². The number of nitrogens with one attached hydrogen (secondary N) is 4. The molecule has 440 valence electrons. The highest BCUT2D eigenvalue weighted by molar-refractivity contribution is 5.93. The van der Waals surface area contributed by atoms with Crippen molar-refractivity contribution >= 4 is 35.4 Å². The lowest BCUT2D eigenvalue weighted by Crippen LogP contribution is -2.71. The number of hydrazine groups is 1. The number of rotatable bonds is 15. The number of fused-ring (bicyclic) bond motifs is 2. The molecule has 4 heterocycles. The summed E-state index contributed by atoms with van der Waals surface area (Å²) in [6, 6.07) is 2.15. The number of ether oxygens (including phenoxy) is 2. The van der Waals surface area contributed by atoms with Crippen LogP contribution in [0.5, 0.6) is 0 Å². The number of halogens is 1. The third kappa shape index (κ3) is 16.7. The van der Waals surface area contributed by atoms with Crippen molar-refractivity contribution in [3.8, 4) is 0 Å². The van der Waals surface area contributed by atoms with E-state index < -0.39 is 114 Å². The van der Waals surface area contributed by atoms with Crippen molar-refractivity contribution < 1.29 is 63.1 Å². The summed E-state index contributed by atoms with van der Waals surface area (Å²) in [6.45, 7) is 19.9. The molecule has 18 atom stereocenters. The minimum Gasteiger partial charge on any atom is -0.456 e. The molecular weight excluding hydrogens is 1010 g/mol. The monoisotopic (exact) mass is 1110 g/mol. The third-order valence-corrected chi connectivity index (χ3v) is 17.4. The van der Waals surface area contributed by atoms with E-state index in [9.17, 15) is 53.6 Å². The highest BCUT2D eigenvalue weighted by Gasteiger charge is 2.57. The number of piperidine rings is 1. The molecule has 0 aliphatic carbocycles. The minimum atomic E-state index is -1.45. The highest BCUT2D eigenvalue weighted by atomic mass is 19.1. The zero-order valence-corrected chi connectivity index (χ0v) is 48.4. The molecule has 2 bridgehead atoms. The van der Waals surface area contributed by atoms with Gasteiger partial charge < -0.3 is 50.6 Å². The number of cyclic esters (lactones) is 1. The Balaban J connectivity index is 1.36. The Kier molecular flexibility index (Phi) is 24.2. The lowest BCUT2D eigenvalue weighted by molar-refractivity contribution is -0.267. The van der Waals surface area contributed by atoms with Gasteiger partial charge in [0, 0.05) is 61.3 Å². The van der Waals surface area contributed by atoms with Crippen LogP contribution in [0.3, 0.4) is 0 Å². The van der Waals surface area contributed by atoms with Crippen molar-refractivity contribution in [3.63, 3.8) is 0 Å². The molecule has 4 amide bonds. The van der Waals surface area contributed by atoms with E-state index in [2.05, 4.69) is 28.3 Å². The van der Waals surface area contributed by atoms with Gasteiger partial charge in [-0.05, 0) is 93.9 Å². The van der Waals surface area contributed by atoms with Crippen LogP contribution in [0, 0.1) is 53.2 Å². The Morgan fingerprint density at radius 1 is 0.937 bits per heavy atom. The van der Waals surface area contributed by atoms with Crippen molar-refractivity contribution in [1.29, 1.82) is 0 Å². The second-order valence-electron chi connectivity index (χ2n) is 23.6. The second-order valence-corrected chi connectivity index (χ2v) is 23.6. The van der Waals surface area contributed by atoms with Gasteiger partial charge in [-0.3, -0.25) is 29.0 Å². The molecule has 1 aromatic carbocycles. The van der Waals surface area contributed by atoms with Gasteiger partial charge in [-0.15, -0.1) is 0 Å². The number of hydrogen-bond acceptors (Lipinski definition) is 13. The molecule has 8 N–H and O–H groups in total. The van der Waals surface area contributed by atoms with Crippen LogP contribution >= 0.6 is 0 Å². The number of allylic oxidation sites excluding steroid dienone is 5. The van der Waals surface area contributed by atoms with Crippen LogP contribution in [0.25, 0.3) is 0 Å². The first-order valence-corrected chi connectivity index (χ1v) is 28.8. The third-order valence-electron chi connectivity index (χ3n) is 17.4. The maximum absolute atomic E-state index is 14.7. The number of benzene rings is 1. The minimum absolute atomic E-state index is 0.0293. The maximum Gasteiger partial charge on any atom is 0.325 e. The molecule has 1 spiro atoms. The number of esters is 1. The molecule has 18 heteroatoms. The number of Topliss-reactive ketones (excluding diaryl/α,β-unsaturated/α-hetero) is 1. The van der Waals surface area contributed by atoms with Crippen LogP contribution in [0.1, 0.15) is 152 Å². The first-order valence-electron chi connectivity index (χ1n) is 28.8. The largest absolute Gasteiger partial charge is 0.456 e. The van der Waals surface area contributed by atoms with E-state index in [0.29, 0.717) is 49.7 Å². The number of amides is 4. The summed E-state index contributed by atoms with van der Waals surface area (Å²) in [5.74, 6) is -7.85. The van der Waals surface area contributed by atoms with Crippen molar-refractivity contribution in [2.24, 2.45) is 47.3 Å². The van der Waals surface area contributed by atoms with Gasteiger partial charge in [-0.25, -0.2) is 9.82 Å². The van der Waals surface area contributed by atoms with Gasteiger partial charge in [0.15, 0.2) is 0 Å². The van der Waals surface area contributed by atoms with Crippen molar-refractivity contribution in [3.05, 3.63) is 83.8 Å². The Morgan fingerprint density at radius 3 is 2.32 bits per heavy atom. The van der Waals surface area contributed by atoms with Gasteiger partial charge in [0.05, 0.1) is 36.4 Å². The molecule has 17 nitrogen and oxygen atoms in total. The van der Waals surface area contributed by atoms with Crippen molar-refractivity contribution in [1.82, 2.24) is 26.4 Å². The number of carbonyl (C=O) groups excluding carboxylic acids is 6.